The summed E-state index contributed by atoms with van der Waals surface area (Å²) < 4.78 is 0.953. The minimum atomic E-state index is -0.238. The van der Waals surface area contributed by atoms with Gasteiger partial charge in [-0.25, -0.2) is 4.98 Å². The Morgan fingerprint density at radius 1 is 1.28 bits per heavy atom. The number of carbonyl (C=O) groups is 2. The van der Waals surface area contributed by atoms with Crippen LogP contribution in [0.1, 0.15) is 22.8 Å². The lowest BCUT2D eigenvalue weighted by Gasteiger charge is -2.17. The maximum atomic E-state index is 12.5. The van der Waals surface area contributed by atoms with Crippen LogP contribution in [0.3, 0.4) is 0 Å². The molecule has 0 fully saturated rings. The van der Waals surface area contributed by atoms with Gasteiger partial charge in [0.05, 0.1) is 11.6 Å². The Bertz CT molecular complexity index is 783. The Labute approximate surface area is 160 Å². The Morgan fingerprint density at radius 2 is 2.04 bits per heavy atom. The van der Waals surface area contributed by atoms with Crippen molar-refractivity contribution in [3.8, 4) is 0 Å². The summed E-state index contributed by atoms with van der Waals surface area (Å²) in [5, 5.41) is 3.64. The lowest BCUT2D eigenvalue weighted by molar-refractivity contribution is -0.116. The molecular formula is C18H20BrN3O2S. The third kappa shape index (κ3) is 5.57. The molecule has 0 unspecified atom stereocenters. The topological polar surface area (TPSA) is 62.3 Å². The second kappa shape index (κ2) is 9.01. The van der Waals surface area contributed by atoms with Crippen molar-refractivity contribution in [2.45, 2.75) is 18.9 Å². The molecule has 132 valence electrons. The van der Waals surface area contributed by atoms with E-state index in [0.29, 0.717) is 5.56 Å². The summed E-state index contributed by atoms with van der Waals surface area (Å²) in [6.07, 6.45) is 1.62. The first-order valence-corrected chi connectivity index (χ1v) is 9.59. The second-order valence-corrected chi connectivity index (χ2v) is 7.68. The number of aryl methyl sites for hydroxylation is 1. The molecule has 0 saturated carbocycles. The maximum absolute atomic E-state index is 12.5. The zero-order chi connectivity index (χ0) is 18.4. The number of hydrogen-bond acceptors (Lipinski definition) is 4. The highest BCUT2D eigenvalue weighted by molar-refractivity contribution is 9.10. The number of rotatable bonds is 6. The summed E-state index contributed by atoms with van der Waals surface area (Å²) in [6.45, 7) is 3.92. The van der Waals surface area contributed by atoms with Gasteiger partial charge in [0, 0.05) is 29.0 Å². The van der Waals surface area contributed by atoms with Gasteiger partial charge in [-0.05, 0) is 48.6 Å². The Kier molecular flexibility index (Phi) is 7.01. The number of likely N-dealkylation sites (N-methyl/N-ethyl adjacent to an activating group) is 1. The van der Waals surface area contributed by atoms with Crippen LogP contribution in [0.4, 0.5) is 5.69 Å². The van der Waals surface area contributed by atoms with Gasteiger partial charge < -0.3 is 10.2 Å². The third-order valence-electron chi connectivity index (χ3n) is 3.46. The van der Waals surface area contributed by atoms with Crippen molar-refractivity contribution in [2.24, 2.45) is 0 Å². The summed E-state index contributed by atoms with van der Waals surface area (Å²) in [7, 11) is 1.61. The Morgan fingerprint density at radius 3 is 2.72 bits per heavy atom. The second-order valence-electron chi connectivity index (χ2n) is 5.48. The van der Waals surface area contributed by atoms with Gasteiger partial charge in [-0.2, -0.15) is 0 Å². The summed E-state index contributed by atoms with van der Waals surface area (Å²) in [5.41, 5.74) is 2.22. The van der Waals surface area contributed by atoms with Crippen molar-refractivity contribution in [1.29, 1.82) is 0 Å². The van der Waals surface area contributed by atoms with Crippen LogP contribution in [-0.4, -0.2) is 41.0 Å². The van der Waals surface area contributed by atoms with Gasteiger partial charge in [0.25, 0.3) is 5.91 Å². The van der Waals surface area contributed by atoms with Gasteiger partial charge in [-0.3, -0.25) is 9.59 Å². The molecule has 2 aromatic rings. The summed E-state index contributed by atoms with van der Waals surface area (Å²) in [6, 6.07) is 9.03. The SMILES string of the molecule is CCSc1cc(C(=O)N(C)CC(=O)Nc2ccc(Br)cc2C)ccn1. The molecule has 0 aliphatic rings. The van der Waals surface area contributed by atoms with E-state index in [2.05, 4.69) is 26.2 Å². The van der Waals surface area contributed by atoms with Crippen LogP contribution in [-0.2, 0) is 4.79 Å². The molecule has 7 heteroatoms. The fourth-order valence-corrected chi connectivity index (χ4v) is 3.35. The highest BCUT2D eigenvalue weighted by Crippen LogP contribution is 2.20. The zero-order valence-electron chi connectivity index (χ0n) is 14.4. The molecule has 1 aromatic heterocycles. The van der Waals surface area contributed by atoms with Crippen LogP contribution in [0.2, 0.25) is 0 Å². The van der Waals surface area contributed by atoms with Gasteiger partial charge >= 0.3 is 0 Å². The number of pyridine rings is 1. The number of carbonyl (C=O) groups excluding carboxylic acids is 2. The van der Waals surface area contributed by atoms with Gasteiger partial charge in [0.15, 0.2) is 0 Å². The van der Waals surface area contributed by atoms with Crippen LogP contribution in [0.5, 0.6) is 0 Å². The normalized spacial score (nSPS) is 10.4. The lowest BCUT2D eigenvalue weighted by Crippen LogP contribution is -2.35. The van der Waals surface area contributed by atoms with Crippen molar-refractivity contribution in [3.05, 3.63) is 52.1 Å². The Hall–Kier alpha value is -1.86. The van der Waals surface area contributed by atoms with Crippen LogP contribution >= 0.6 is 27.7 Å². The third-order valence-corrected chi connectivity index (χ3v) is 4.76. The first-order valence-electron chi connectivity index (χ1n) is 7.81. The van der Waals surface area contributed by atoms with Crippen molar-refractivity contribution in [3.63, 3.8) is 0 Å². The van der Waals surface area contributed by atoms with Crippen molar-refractivity contribution in [2.75, 3.05) is 24.7 Å². The average molecular weight is 422 g/mol. The summed E-state index contributed by atoms with van der Waals surface area (Å²) in [5.74, 6) is 0.441. The van der Waals surface area contributed by atoms with E-state index in [1.807, 2.05) is 32.0 Å². The van der Waals surface area contributed by atoms with Crippen molar-refractivity contribution in [1.82, 2.24) is 9.88 Å². The molecule has 0 atom stereocenters. The van der Waals surface area contributed by atoms with Gasteiger partial charge in [0.1, 0.15) is 0 Å². The number of amides is 2. The van der Waals surface area contributed by atoms with E-state index < -0.39 is 0 Å². The molecule has 0 radical (unpaired) electrons. The molecule has 1 heterocycles. The number of halogens is 1. The average Bonchev–Trinajstić information content (AvgIpc) is 2.57. The van der Waals surface area contributed by atoms with Crippen LogP contribution in [0, 0.1) is 6.92 Å². The van der Waals surface area contributed by atoms with Crippen LogP contribution in [0.15, 0.2) is 46.0 Å². The van der Waals surface area contributed by atoms with Gasteiger partial charge in [-0.15, -0.1) is 11.8 Å². The monoisotopic (exact) mass is 421 g/mol. The van der Waals surface area contributed by atoms with E-state index in [0.717, 1.165) is 26.5 Å². The molecule has 0 spiro atoms. The first-order chi connectivity index (χ1) is 11.9. The standard InChI is InChI=1S/C18H20BrN3O2S/c1-4-25-17-10-13(7-8-20-17)18(24)22(3)11-16(23)21-15-6-5-14(19)9-12(15)2/h5-10H,4,11H2,1-3H3,(H,21,23). The molecule has 0 aliphatic heterocycles. The summed E-state index contributed by atoms with van der Waals surface area (Å²) in [4.78, 5) is 30.4. The fraction of sp³-hybridized carbons (Fsp3) is 0.278. The minimum Gasteiger partial charge on any atom is -0.332 e. The smallest absolute Gasteiger partial charge is 0.254 e. The number of thioether (sulfide) groups is 1. The van der Waals surface area contributed by atoms with Gasteiger partial charge in [0.2, 0.25) is 5.91 Å². The molecule has 1 aromatic carbocycles. The fourth-order valence-electron chi connectivity index (χ4n) is 2.23. The molecule has 2 amide bonds. The molecule has 5 nitrogen and oxygen atoms in total. The molecule has 0 bridgehead atoms. The van der Waals surface area contributed by atoms with E-state index in [9.17, 15) is 9.59 Å². The quantitative estimate of drug-likeness (QED) is 0.716. The summed E-state index contributed by atoms with van der Waals surface area (Å²) >= 11 is 4.96. The van der Waals surface area contributed by atoms with Crippen molar-refractivity contribution >= 4 is 45.2 Å². The number of hydrogen-bond donors (Lipinski definition) is 1. The number of nitrogens with zero attached hydrogens (tertiary/aromatic N) is 2. The number of aromatic nitrogens is 1. The van der Waals surface area contributed by atoms with Crippen molar-refractivity contribution < 1.29 is 9.59 Å². The lowest BCUT2D eigenvalue weighted by atomic mass is 10.2. The van der Waals surface area contributed by atoms with E-state index in [1.165, 1.54) is 4.90 Å². The molecular weight excluding hydrogens is 402 g/mol. The maximum Gasteiger partial charge on any atom is 0.254 e. The molecule has 0 saturated heterocycles. The van der Waals surface area contributed by atoms with Gasteiger partial charge in [-0.1, -0.05) is 22.9 Å². The first kappa shape index (κ1) is 19.5. The Balaban J connectivity index is 2.00. The number of nitrogens with one attached hydrogen (secondary N) is 1. The highest BCUT2D eigenvalue weighted by atomic mass is 79.9. The van der Waals surface area contributed by atoms with E-state index in [1.54, 1.807) is 37.1 Å². The van der Waals surface area contributed by atoms with Crippen LogP contribution < -0.4 is 5.32 Å². The molecule has 0 aliphatic carbocycles. The van der Waals surface area contributed by atoms with Crippen LogP contribution in [0.25, 0.3) is 0 Å². The predicted octanol–water partition coefficient (Wildman–Crippen LogP) is 3.98. The largest absolute Gasteiger partial charge is 0.332 e. The number of anilines is 1. The minimum absolute atomic E-state index is 0.0209. The van der Waals surface area contributed by atoms with E-state index in [4.69, 9.17) is 0 Å². The highest BCUT2D eigenvalue weighted by Gasteiger charge is 2.16. The predicted molar refractivity (Wildman–Crippen MR) is 105 cm³/mol. The van der Waals surface area contributed by atoms with E-state index in [-0.39, 0.29) is 18.4 Å². The number of benzene rings is 1. The van der Waals surface area contributed by atoms with E-state index >= 15 is 0 Å². The zero-order valence-corrected chi connectivity index (χ0v) is 16.8. The molecule has 25 heavy (non-hydrogen) atoms. The molecule has 1 N–H and O–H groups in total. The molecule has 2 rings (SSSR count).